The second-order valence-electron chi connectivity index (χ2n) is 4.20. The number of aromatic nitrogens is 1. The molecule has 1 aromatic rings. The lowest BCUT2D eigenvalue weighted by Gasteiger charge is -2.38. The van der Waals surface area contributed by atoms with E-state index in [-0.39, 0.29) is 0 Å². The van der Waals surface area contributed by atoms with Gasteiger partial charge >= 0.3 is 0 Å². The largest absolute Gasteiger partial charge is 0.345 e. The van der Waals surface area contributed by atoms with Gasteiger partial charge in [-0.25, -0.2) is 4.98 Å². The Balaban J connectivity index is 2.12. The fourth-order valence-electron chi connectivity index (χ4n) is 2.25. The predicted molar refractivity (Wildman–Crippen MR) is 67.0 cm³/mol. The van der Waals surface area contributed by atoms with Crippen molar-refractivity contribution in [1.29, 1.82) is 0 Å². The van der Waals surface area contributed by atoms with Crippen molar-refractivity contribution in [3.8, 4) is 0 Å². The van der Waals surface area contributed by atoms with Gasteiger partial charge in [-0.1, -0.05) is 6.92 Å². The first-order valence-electron chi connectivity index (χ1n) is 5.55. The zero-order valence-corrected chi connectivity index (χ0v) is 10.6. The lowest BCUT2D eigenvalue weighted by Crippen LogP contribution is -2.44. The number of hydrogen-bond acceptors (Lipinski definition) is 3. The topological polar surface area (TPSA) is 16.1 Å². The summed E-state index contributed by atoms with van der Waals surface area (Å²) in [6.45, 7) is 3.38. The SMILES string of the molecule is CC(CCl)C1CCCCN1c1nccs1. The van der Waals surface area contributed by atoms with E-state index in [4.69, 9.17) is 11.6 Å². The van der Waals surface area contributed by atoms with Crippen molar-refractivity contribution in [1.82, 2.24) is 4.98 Å². The van der Waals surface area contributed by atoms with Crippen LogP contribution in [0.2, 0.25) is 0 Å². The standard InChI is InChI=1S/C11H17ClN2S/c1-9(8-12)10-4-2-3-6-14(10)11-13-5-7-15-11/h5,7,9-10H,2-4,6,8H2,1H3. The quantitative estimate of drug-likeness (QED) is 0.758. The molecule has 84 valence electrons. The van der Waals surface area contributed by atoms with Gasteiger partial charge in [0.05, 0.1) is 0 Å². The van der Waals surface area contributed by atoms with Crippen LogP contribution in [0.4, 0.5) is 5.13 Å². The Morgan fingerprint density at radius 3 is 3.20 bits per heavy atom. The minimum Gasteiger partial charge on any atom is -0.345 e. The van der Waals surface area contributed by atoms with E-state index in [9.17, 15) is 0 Å². The Labute approximate surface area is 100 Å². The van der Waals surface area contributed by atoms with Crippen molar-refractivity contribution in [2.75, 3.05) is 17.3 Å². The highest BCUT2D eigenvalue weighted by Crippen LogP contribution is 2.30. The van der Waals surface area contributed by atoms with E-state index in [2.05, 4.69) is 16.8 Å². The summed E-state index contributed by atoms with van der Waals surface area (Å²) < 4.78 is 0. The molecule has 2 heterocycles. The molecule has 0 saturated carbocycles. The smallest absolute Gasteiger partial charge is 0.185 e. The van der Waals surface area contributed by atoms with E-state index in [0.29, 0.717) is 12.0 Å². The Bertz CT molecular complexity index is 289. The number of thiazole rings is 1. The molecule has 0 radical (unpaired) electrons. The molecule has 4 heteroatoms. The van der Waals surface area contributed by atoms with E-state index < -0.39 is 0 Å². The van der Waals surface area contributed by atoms with Crippen LogP contribution in [-0.4, -0.2) is 23.5 Å². The summed E-state index contributed by atoms with van der Waals surface area (Å²) in [7, 11) is 0. The maximum absolute atomic E-state index is 5.97. The molecule has 0 aliphatic carbocycles. The van der Waals surface area contributed by atoms with Crippen molar-refractivity contribution in [3.05, 3.63) is 11.6 Å². The Morgan fingerprint density at radius 1 is 1.67 bits per heavy atom. The van der Waals surface area contributed by atoms with Crippen LogP contribution in [0.3, 0.4) is 0 Å². The monoisotopic (exact) mass is 244 g/mol. The molecule has 0 bridgehead atoms. The van der Waals surface area contributed by atoms with Crippen molar-refractivity contribution in [3.63, 3.8) is 0 Å². The average molecular weight is 245 g/mol. The molecule has 0 spiro atoms. The summed E-state index contributed by atoms with van der Waals surface area (Å²) in [5, 5.41) is 3.21. The number of hydrogen-bond donors (Lipinski definition) is 0. The molecule has 2 nitrogen and oxygen atoms in total. The van der Waals surface area contributed by atoms with Gasteiger partial charge in [0, 0.05) is 30.0 Å². The highest BCUT2D eigenvalue weighted by atomic mass is 35.5. The zero-order valence-electron chi connectivity index (χ0n) is 9.03. The second-order valence-corrected chi connectivity index (χ2v) is 5.38. The third-order valence-corrected chi connectivity index (χ3v) is 4.41. The summed E-state index contributed by atoms with van der Waals surface area (Å²) in [6.07, 6.45) is 5.75. The Kier molecular flexibility index (Phi) is 3.87. The summed E-state index contributed by atoms with van der Waals surface area (Å²) in [6, 6.07) is 0.586. The predicted octanol–water partition coefficient (Wildman–Crippen LogP) is 3.38. The van der Waals surface area contributed by atoms with Crippen LogP contribution in [0, 0.1) is 5.92 Å². The van der Waals surface area contributed by atoms with Gasteiger partial charge in [0.25, 0.3) is 0 Å². The third kappa shape index (κ3) is 2.45. The lowest BCUT2D eigenvalue weighted by molar-refractivity contribution is 0.377. The first kappa shape index (κ1) is 11.2. The van der Waals surface area contributed by atoms with Crippen molar-refractivity contribution in [2.24, 2.45) is 5.92 Å². The van der Waals surface area contributed by atoms with Crippen LogP contribution in [0.1, 0.15) is 26.2 Å². The number of nitrogens with zero attached hydrogens (tertiary/aromatic N) is 2. The van der Waals surface area contributed by atoms with Crippen LogP contribution >= 0.6 is 22.9 Å². The zero-order chi connectivity index (χ0) is 10.7. The highest BCUT2D eigenvalue weighted by Gasteiger charge is 2.28. The summed E-state index contributed by atoms with van der Waals surface area (Å²) in [5.74, 6) is 1.29. The fourth-order valence-corrected chi connectivity index (χ4v) is 3.18. The van der Waals surface area contributed by atoms with Crippen molar-refractivity contribution in [2.45, 2.75) is 32.2 Å². The molecule has 0 N–H and O–H groups in total. The molecular formula is C11H17ClN2S. The van der Waals surface area contributed by atoms with Gasteiger partial charge in [0.1, 0.15) is 0 Å². The van der Waals surface area contributed by atoms with Crippen LogP contribution < -0.4 is 4.90 Å². The summed E-state index contributed by atoms with van der Waals surface area (Å²) in [5.41, 5.74) is 0. The molecule has 1 aliphatic heterocycles. The van der Waals surface area contributed by atoms with Crippen molar-refractivity contribution < 1.29 is 0 Å². The maximum Gasteiger partial charge on any atom is 0.185 e. The number of piperidine rings is 1. The first-order chi connectivity index (χ1) is 7.33. The summed E-state index contributed by atoms with van der Waals surface area (Å²) >= 11 is 7.70. The fraction of sp³-hybridized carbons (Fsp3) is 0.727. The third-order valence-electron chi connectivity index (χ3n) is 3.11. The molecular weight excluding hydrogens is 228 g/mol. The van der Waals surface area contributed by atoms with E-state index >= 15 is 0 Å². The molecule has 2 rings (SSSR count). The van der Waals surface area contributed by atoms with Gasteiger partial charge in [-0.15, -0.1) is 22.9 Å². The van der Waals surface area contributed by atoms with Crippen LogP contribution in [0.15, 0.2) is 11.6 Å². The van der Waals surface area contributed by atoms with E-state index in [1.54, 1.807) is 11.3 Å². The Morgan fingerprint density at radius 2 is 2.53 bits per heavy atom. The van der Waals surface area contributed by atoms with E-state index in [1.807, 2.05) is 11.6 Å². The number of anilines is 1. The highest BCUT2D eigenvalue weighted by molar-refractivity contribution is 7.13. The maximum atomic E-state index is 5.97. The van der Waals surface area contributed by atoms with Crippen LogP contribution in [-0.2, 0) is 0 Å². The van der Waals surface area contributed by atoms with Gasteiger partial charge in [-0.3, -0.25) is 0 Å². The normalized spacial score (nSPS) is 24.1. The van der Waals surface area contributed by atoms with Gasteiger partial charge in [0.2, 0.25) is 0 Å². The number of alkyl halides is 1. The molecule has 1 aromatic heterocycles. The van der Waals surface area contributed by atoms with Crippen LogP contribution in [0.5, 0.6) is 0 Å². The van der Waals surface area contributed by atoms with E-state index in [0.717, 1.165) is 17.6 Å². The number of rotatable bonds is 3. The van der Waals surface area contributed by atoms with Gasteiger partial charge in [0.15, 0.2) is 5.13 Å². The minimum atomic E-state index is 0.552. The molecule has 2 unspecified atom stereocenters. The molecule has 0 aromatic carbocycles. The number of halogens is 1. The summed E-state index contributed by atoms with van der Waals surface area (Å²) in [4.78, 5) is 6.85. The van der Waals surface area contributed by atoms with Gasteiger partial charge < -0.3 is 4.90 Å². The lowest BCUT2D eigenvalue weighted by atomic mass is 9.93. The minimum absolute atomic E-state index is 0.552. The molecule has 1 fully saturated rings. The van der Waals surface area contributed by atoms with Gasteiger partial charge in [-0.05, 0) is 25.2 Å². The molecule has 1 aliphatic rings. The molecule has 2 atom stereocenters. The van der Waals surface area contributed by atoms with Crippen LogP contribution in [0.25, 0.3) is 0 Å². The Hall–Kier alpha value is -0.280. The van der Waals surface area contributed by atoms with Gasteiger partial charge in [-0.2, -0.15) is 0 Å². The molecule has 15 heavy (non-hydrogen) atoms. The molecule has 0 amide bonds. The van der Waals surface area contributed by atoms with E-state index in [1.165, 1.54) is 19.3 Å². The molecule has 1 saturated heterocycles. The first-order valence-corrected chi connectivity index (χ1v) is 6.96. The average Bonchev–Trinajstić information content (AvgIpc) is 2.81. The van der Waals surface area contributed by atoms with Crippen molar-refractivity contribution >= 4 is 28.1 Å². The second kappa shape index (κ2) is 5.17.